The van der Waals surface area contributed by atoms with Crippen molar-refractivity contribution in [3.8, 4) is 0 Å². The largest absolute Gasteiger partial charge is 0.324 e. The molecule has 0 spiro atoms. The van der Waals surface area contributed by atoms with Gasteiger partial charge in [0.25, 0.3) is 0 Å². The van der Waals surface area contributed by atoms with Crippen LogP contribution in [0.2, 0.25) is 0 Å². The van der Waals surface area contributed by atoms with Crippen LogP contribution in [0, 0.1) is 0 Å². The van der Waals surface area contributed by atoms with Gasteiger partial charge in [-0.25, -0.2) is 0 Å². The highest BCUT2D eigenvalue weighted by molar-refractivity contribution is 14.2. The van der Waals surface area contributed by atoms with Gasteiger partial charge in [-0.05, 0) is 17.0 Å². The van der Waals surface area contributed by atoms with Crippen molar-refractivity contribution in [1.82, 2.24) is 4.90 Å². The number of hydrogen-bond donors (Lipinski definition) is 0. The minimum absolute atomic E-state index is 0.103. The van der Waals surface area contributed by atoms with Gasteiger partial charge in [-0.3, -0.25) is 4.99 Å². The van der Waals surface area contributed by atoms with Gasteiger partial charge in [0, 0.05) is 6.54 Å². The molecule has 2 aliphatic heterocycles. The number of allylic oxidation sites excluding steroid dienone is 3. The predicted octanol–water partition coefficient (Wildman–Crippen LogP) is 1.90. The first-order chi connectivity index (χ1) is 5.88. The molecule has 0 radical (unpaired) electrons. The van der Waals surface area contributed by atoms with Crippen LogP contribution in [0.1, 0.15) is 6.92 Å². The van der Waals surface area contributed by atoms with Crippen molar-refractivity contribution in [3.63, 3.8) is 0 Å². The zero-order valence-corrected chi connectivity index (χ0v) is 9.15. The second kappa shape index (κ2) is 3.51. The van der Waals surface area contributed by atoms with E-state index >= 15 is 0 Å². The standard InChI is InChI=1S/C9H11IN2/c1-8-11-6-7-12(8)9-4-2-3-5-10-9/h2-5H,6-7H2,1H3. The van der Waals surface area contributed by atoms with Gasteiger partial charge in [0.05, 0.1) is 10.2 Å². The number of nitrogens with zero attached hydrogens (tertiary/aromatic N) is 2. The minimum Gasteiger partial charge on any atom is -0.324 e. The molecule has 0 saturated heterocycles. The fourth-order valence-corrected chi connectivity index (χ4v) is 3.44. The maximum atomic E-state index is 4.37. The lowest BCUT2D eigenvalue weighted by molar-refractivity contribution is 0.602. The van der Waals surface area contributed by atoms with Crippen LogP contribution in [-0.4, -0.2) is 27.8 Å². The lowest BCUT2D eigenvalue weighted by atomic mass is 10.4. The Labute approximate surface area is 82.4 Å². The van der Waals surface area contributed by atoms with E-state index in [4.69, 9.17) is 0 Å². The third-order valence-electron chi connectivity index (χ3n) is 1.91. The van der Waals surface area contributed by atoms with Crippen LogP contribution in [0.3, 0.4) is 0 Å². The average Bonchev–Trinajstić information content (AvgIpc) is 2.53. The minimum atomic E-state index is 0.103. The Morgan fingerprint density at radius 3 is 3.00 bits per heavy atom. The van der Waals surface area contributed by atoms with Crippen molar-refractivity contribution >= 4 is 30.6 Å². The van der Waals surface area contributed by atoms with Gasteiger partial charge in [0.1, 0.15) is 5.84 Å². The van der Waals surface area contributed by atoms with Crippen molar-refractivity contribution in [2.24, 2.45) is 4.99 Å². The van der Waals surface area contributed by atoms with Crippen molar-refractivity contribution in [1.29, 1.82) is 0 Å². The molecule has 0 bridgehead atoms. The van der Waals surface area contributed by atoms with Gasteiger partial charge in [-0.2, -0.15) is 0 Å². The van der Waals surface area contributed by atoms with Crippen molar-refractivity contribution in [3.05, 3.63) is 21.9 Å². The molecule has 2 heterocycles. The summed E-state index contributed by atoms with van der Waals surface area (Å²) in [7, 11) is 0. The third kappa shape index (κ3) is 1.50. The molecule has 2 nitrogen and oxygen atoms in total. The molecule has 0 aromatic carbocycles. The Bertz CT molecular complexity index is 300. The van der Waals surface area contributed by atoms with Gasteiger partial charge in [0.15, 0.2) is 0 Å². The molecule has 0 aromatic heterocycles. The normalized spacial score (nSPS) is 21.9. The quantitative estimate of drug-likeness (QED) is 0.527. The van der Waals surface area contributed by atoms with Gasteiger partial charge < -0.3 is 4.90 Å². The van der Waals surface area contributed by atoms with Gasteiger partial charge in [-0.1, -0.05) is 32.9 Å². The number of rotatable bonds is 1. The highest BCUT2D eigenvalue weighted by Gasteiger charge is 2.15. The number of amidine groups is 1. The van der Waals surface area contributed by atoms with Crippen LogP contribution in [0.25, 0.3) is 0 Å². The summed E-state index contributed by atoms with van der Waals surface area (Å²) in [6.45, 7) is 4.14. The van der Waals surface area contributed by atoms with Crippen LogP contribution >= 0.6 is 20.7 Å². The molecule has 2 aliphatic rings. The molecular weight excluding hydrogens is 263 g/mol. The number of hydrogen-bond acceptors (Lipinski definition) is 2. The lowest BCUT2D eigenvalue weighted by Crippen LogP contribution is -2.22. The van der Waals surface area contributed by atoms with Crippen LogP contribution in [0.15, 0.2) is 26.9 Å². The maximum Gasteiger partial charge on any atom is 0.101 e. The molecule has 0 unspecified atom stereocenters. The molecule has 12 heavy (non-hydrogen) atoms. The first-order valence-electron chi connectivity index (χ1n) is 4.00. The zero-order chi connectivity index (χ0) is 8.39. The van der Waals surface area contributed by atoms with Gasteiger partial charge in [-0.15, -0.1) is 0 Å². The number of aliphatic imine (C=N–C) groups is 1. The van der Waals surface area contributed by atoms with Crippen molar-refractivity contribution < 1.29 is 0 Å². The van der Waals surface area contributed by atoms with Crippen molar-refractivity contribution in [2.45, 2.75) is 6.92 Å². The predicted molar refractivity (Wildman–Crippen MR) is 62.0 cm³/mol. The summed E-state index contributed by atoms with van der Waals surface area (Å²) in [6.07, 6.45) is 6.47. The molecule has 3 heteroatoms. The second-order valence-corrected chi connectivity index (χ2v) is 5.14. The molecule has 0 fully saturated rings. The summed E-state index contributed by atoms with van der Waals surface area (Å²) in [5.74, 6) is 1.18. The first kappa shape index (κ1) is 8.16. The van der Waals surface area contributed by atoms with Gasteiger partial charge in [0.2, 0.25) is 0 Å². The van der Waals surface area contributed by atoms with E-state index in [2.05, 4.69) is 39.1 Å². The topological polar surface area (TPSA) is 15.6 Å². The summed E-state index contributed by atoms with van der Waals surface area (Å²) < 4.78 is 3.77. The van der Waals surface area contributed by atoms with E-state index in [1.807, 2.05) is 0 Å². The molecule has 0 amide bonds. The number of halogens is 1. The van der Waals surface area contributed by atoms with Gasteiger partial charge >= 0.3 is 0 Å². The molecule has 2 rings (SSSR count). The Morgan fingerprint density at radius 1 is 1.50 bits per heavy atom. The Morgan fingerprint density at radius 2 is 2.42 bits per heavy atom. The van der Waals surface area contributed by atoms with E-state index < -0.39 is 0 Å². The molecule has 64 valence electrons. The highest BCUT2D eigenvalue weighted by atomic mass is 127. The van der Waals surface area contributed by atoms with E-state index in [-0.39, 0.29) is 20.7 Å². The third-order valence-corrected chi connectivity index (χ3v) is 4.26. The Kier molecular flexibility index (Phi) is 2.39. The monoisotopic (exact) mass is 274 g/mol. The summed E-state index contributed by atoms with van der Waals surface area (Å²) in [6, 6.07) is 0. The SMILES string of the molecule is CC1=NCCN1C1=CC=CC=I1. The van der Waals surface area contributed by atoms with Crippen LogP contribution in [0.5, 0.6) is 0 Å². The summed E-state index contributed by atoms with van der Waals surface area (Å²) in [4.78, 5) is 6.71. The fourth-order valence-electron chi connectivity index (χ4n) is 1.28. The lowest BCUT2D eigenvalue weighted by Gasteiger charge is -2.18. The average molecular weight is 274 g/mol. The maximum absolute atomic E-state index is 4.37. The highest BCUT2D eigenvalue weighted by Crippen LogP contribution is 2.23. The molecule has 0 N–H and O–H groups in total. The van der Waals surface area contributed by atoms with E-state index in [0.29, 0.717) is 0 Å². The summed E-state index contributed by atoms with van der Waals surface area (Å²) >= 11 is 0.103. The Balaban J connectivity index is 2.20. The first-order valence-corrected chi connectivity index (χ1v) is 6.32. The Hall–Kier alpha value is -0.450. The van der Waals surface area contributed by atoms with Crippen LogP contribution in [0.4, 0.5) is 0 Å². The van der Waals surface area contributed by atoms with Crippen LogP contribution < -0.4 is 0 Å². The zero-order valence-electron chi connectivity index (χ0n) is 7.00. The second-order valence-electron chi connectivity index (χ2n) is 2.69. The van der Waals surface area contributed by atoms with E-state index in [9.17, 15) is 0 Å². The van der Waals surface area contributed by atoms with Crippen molar-refractivity contribution in [2.75, 3.05) is 13.1 Å². The van der Waals surface area contributed by atoms with E-state index in [1.165, 1.54) is 9.54 Å². The smallest absolute Gasteiger partial charge is 0.101 e. The molecule has 0 atom stereocenters. The van der Waals surface area contributed by atoms with Crippen LogP contribution in [-0.2, 0) is 0 Å². The van der Waals surface area contributed by atoms with E-state index in [0.717, 1.165) is 13.1 Å². The fraction of sp³-hybridized carbons (Fsp3) is 0.333. The molecule has 0 aliphatic carbocycles. The van der Waals surface area contributed by atoms with E-state index in [1.54, 1.807) is 0 Å². The summed E-state index contributed by atoms with van der Waals surface area (Å²) in [5.41, 5.74) is 0. The molecular formula is C9H11IN2. The molecule has 0 aromatic rings. The summed E-state index contributed by atoms with van der Waals surface area (Å²) in [5, 5.41) is 0. The molecule has 0 saturated carbocycles.